The summed E-state index contributed by atoms with van der Waals surface area (Å²) in [6.45, 7) is 6.38. The molecule has 0 amide bonds. The number of carbonyl (C=O) groups is 1. The van der Waals surface area contributed by atoms with Crippen LogP contribution in [-0.2, 0) is 4.74 Å². The molecule has 1 atom stereocenters. The maximum absolute atomic E-state index is 12.5. The Morgan fingerprint density at radius 2 is 1.89 bits per heavy atom. The zero-order chi connectivity index (χ0) is 13.9. The van der Waals surface area contributed by atoms with Gasteiger partial charge in [-0.2, -0.15) is 0 Å². The van der Waals surface area contributed by atoms with Crippen LogP contribution in [0.3, 0.4) is 0 Å². The van der Waals surface area contributed by atoms with E-state index in [0.29, 0.717) is 18.9 Å². The van der Waals surface area contributed by atoms with E-state index in [4.69, 9.17) is 4.74 Å². The van der Waals surface area contributed by atoms with Crippen molar-refractivity contribution in [2.75, 3.05) is 6.61 Å². The van der Waals surface area contributed by atoms with Crippen molar-refractivity contribution in [3.8, 4) is 0 Å². The molecule has 1 aliphatic rings. The molecule has 1 fully saturated rings. The van der Waals surface area contributed by atoms with Crippen LogP contribution < -0.4 is 0 Å². The van der Waals surface area contributed by atoms with E-state index >= 15 is 0 Å². The van der Waals surface area contributed by atoms with E-state index in [1.165, 1.54) is 24.8 Å². The van der Waals surface area contributed by atoms with E-state index < -0.39 is 5.60 Å². The highest BCUT2D eigenvalue weighted by Gasteiger charge is 2.32. The minimum atomic E-state index is -0.688. The monoisotopic (exact) mass is 260 g/mol. The summed E-state index contributed by atoms with van der Waals surface area (Å²) >= 11 is 0. The van der Waals surface area contributed by atoms with Crippen molar-refractivity contribution in [1.29, 1.82) is 0 Å². The van der Waals surface area contributed by atoms with Gasteiger partial charge in [-0.25, -0.2) is 0 Å². The predicted octanol–water partition coefficient (Wildman–Crippen LogP) is 4.34. The molecule has 0 bridgehead atoms. The first-order chi connectivity index (χ1) is 9.10. The Hall–Kier alpha value is -1.15. The van der Waals surface area contributed by atoms with Gasteiger partial charge < -0.3 is 4.74 Å². The van der Waals surface area contributed by atoms with Gasteiger partial charge in [0.25, 0.3) is 0 Å². The third kappa shape index (κ3) is 2.89. The molecule has 0 aliphatic heterocycles. The summed E-state index contributed by atoms with van der Waals surface area (Å²) in [5.41, 5.74) is 1.45. The van der Waals surface area contributed by atoms with Crippen molar-refractivity contribution >= 4 is 5.78 Å². The van der Waals surface area contributed by atoms with E-state index in [1.54, 1.807) is 0 Å². The Balaban J connectivity index is 2.14. The van der Waals surface area contributed by atoms with Gasteiger partial charge in [-0.1, -0.05) is 37.6 Å². The maximum atomic E-state index is 12.5. The van der Waals surface area contributed by atoms with E-state index in [9.17, 15) is 4.79 Å². The molecule has 1 saturated carbocycles. The fourth-order valence-electron chi connectivity index (χ4n) is 2.60. The Labute approximate surface area is 116 Å². The number of rotatable bonds is 6. The number of carbonyl (C=O) groups excluding carboxylic acids is 1. The summed E-state index contributed by atoms with van der Waals surface area (Å²) in [6, 6.07) is 8.14. The van der Waals surface area contributed by atoms with Gasteiger partial charge in [-0.3, -0.25) is 4.79 Å². The van der Waals surface area contributed by atoms with Crippen molar-refractivity contribution in [1.82, 2.24) is 0 Å². The minimum Gasteiger partial charge on any atom is -0.367 e. The zero-order valence-electron chi connectivity index (χ0n) is 12.2. The van der Waals surface area contributed by atoms with Gasteiger partial charge in [0.2, 0.25) is 0 Å². The first kappa shape index (κ1) is 14.3. The summed E-state index contributed by atoms with van der Waals surface area (Å²) in [5, 5.41) is 0. The van der Waals surface area contributed by atoms with Crippen molar-refractivity contribution in [2.24, 2.45) is 0 Å². The predicted molar refractivity (Wildman–Crippen MR) is 77.7 cm³/mol. The first-order valence-corrected chi connectivity index (χ1v) is 7.39. The normalized spacial score (nSPS) is 18.7. The van der Waals surface area contributed by atoms with E-state index in [2.05, 4.69) is 12.1 Å². The lowest BCUT2D eigenvalue weighted by Gasteiger charge is -2.28. The molecule has 1 aliphatic carbocycles. The van der Waals surface area contributed by atoms with Crippen molar-refractivity contribution in [2.45, 2.75) is 58.0 Å². The molecule has 2 heteroatoms. The second-order valence-corrected chi connectivity index (χ2v) is 5.60. The lowest BCUT2D eigenvalue weighted by molar-refractivity contribution is -0.0116. The molecule has 0 radical (unpaired) electrons. The lowest BCUT2D eigenvalue weighted by atomic mass is 9.79. The van der Waals surface area contributed by atoms with Gasteiger partial charge >= 0.3 is 0 Å². The summed E-state index contributed by atoms with van der Waals surface area (Å²) < 4.78 is 5.66. The van der Waals surface area contributed by atoms with Crippen LogP contribution >= 0.6 is 0 Å². The highest BCUT2D eigenvalue weighted by Crippen LogP contribution is 2.36. The van der Waals surface area contributed by atoms with Crippen molar-refractivity contribution < 1.29 is 9.53 Å². The molecule has 19 heavy (non-hydrogen) atoms. The average Bonchev–Trinajstić information content (AvgIpc) is 2.37. The van der Waals surface area contributed by atoms with Gasteiger partial charge in [0.15, 0.2) is 5.78 Å². The van der Waals surface area contributed by atoms with Gasteiger partial charge in [0, 0.05) is 12.2 Å². The van der Waals surface area contributed by atoms with E-state index in [1.807, 2.05) is 32.9 Å². The summed E-state index contributed by atoms with van der Waals surface area (Å²) in [4.78, 5) is 12.5. The van der Waals surface area contributed by atoms with Crippen molar-refractivity contribution in [3.05, 3.63) is 35.4 Å². The molecule has 1 aromatic carbocycles. The molecular formula is C17H24O2. The fraction of sp³-hybridized carbons (Fsp3) is 0.588. The molecule has 0 N–H and O–H groups in total. The largest absolute Gasteiger partial charge is 0.367 e. The molecule has 1 aromatic rings. The van der Waals surface area contributed by atoms with Crippen LogP contribution in [0, 0.1) is 0 Å². The van der Waals surface area contributed by atoms with Crippen LogP contribution in [0.5, 0.6) is 0 Å². The van der Waals surface area contributed by atoms with Crippen LogP contribution in [0.4, 0.5) is 0 Å². The second-order valence-electron chi connectivity index (χ2n) is 5.60. The SMILES string of the molecule is CCOC(C)(CC)C(=O)c1ccc(C2CCC2)cc1. The highest BCUT2D eigenvalue weighted by molar-refractivity contribution is 6.02. The van der Waals surface area contributed by atoms with Gasteiger partial charge in [0.1, 0.15) is 5.60 Å². The number of hydrogen-bond acceptors (Lipinski definition) is 2. The van der Waals surface area contributed by atoms with E-state index in [-0.39, 0.29) is 5.78 Å². The molecule has 0 spiro atoms. The second kappa shape index (κ2) is 5.87. The first-order valence-electron chi connectivity index (χ1n) is 7.39. The standard InChI is InChI=1S/C17H24O2/c1-4-17(3,19-5-2)16(18)15-11-9-14(10-12-15)13-7-6-8-13/h9-13H,4-8H2,1-3H3. The Bertz CT molecular complexity index is 431. The van der Waals surface area contributed by atoms with Crippen molar-refractivity contribution in [3.63, 3.8) is 0 Å². The molecule has 1 unspecified atom stereocenters. The molecule has 0 aromatic heterocycles. The average molecular weight is 260 g/mol. The number of ketones is 1. The van der Waals surface area contributed by atoms with Crippen LogP contribution in [-0.4, -0.2) is 18.0 Å². The van der Waals surface area contributed by atoms with Crippen LogP contribution in [0.25, 0.3) is 0 Å². The molecule has 2 rings (SSSR count). The quantitative estimate of drug-likeness (QED) is 0.711. The Morgan fingerprint density at radius 3 is 2.32 bits per heavy atom. The summed E-state index contributed by atoms with van der Waals surface area (Å²) in [6.07, 6.45) is 4.62. The summed E-state index contributed by atoms with van der Waals surface area (Å²) in [5.74, 6) is 0.811. The Kier molecular flexibility index (Phi) is 4.41. The van der Waals surface area contributed by atoms with Crippen LogP contribution in [0.2, 0.25) is 0 Å². The molecule has 0 heterocycles. The molecular weight excluding hydrogens is 236 g/mol. The topological polar surface area (TPSA) is 26.3 Å². The molecule has 104 valence electrons. The third-order valence-corrected chi connectivity index (χ3v) is 4.37. The van der Waals surface area contributed by atoms with Crippen LogP contribution in [0.15, 0.2) is 24.3 Å². The number of benzene rings is 1. The molecule has 2 nitrogen and oxygen atoms in total. The van der Waals surface area contributed by atoms with Gasteiger partial charge in [-0.05, 0) is 44.6 Å². The smallest absolute Gasteiger partial charge is 0.194 e. The van der Waals surface area contributed by atoms with Gasteiger partial charge in [0.05, 0.1) is 0 Å². The van der Waals surface area contributed by atoms with Crippen LogP contribution in [0.1, 0.15) is 68.3 Å². The zero-order valence-corrected chi connectivity index (χ0v) is 12.2. The lowest BCUT2D eigenvalue weighted by Crippen LogP contribution is -2.37. The number of hydrogen-bond donors (Lipinski definition) is 0. The maximum Gasteiger partial charge on any atom is 0.194 e. The number of Topliss-reactive ketones (excluding diaryl/α,β-unsaturated/α-hetero) is 1. The number of ether oxygens (including phenoxy) is 1. The third-order valence-electron chi connectivity index (χ3n) is 4.37. The Morgan fingerprint density at radius 1 is 1.26 bits per heavy atom. The summed E-state index contributed by atoms with van der Waals surface area (Å²) in [7, 11) is 0. The fourth-order valence-corrected chi connectivity index (χ4v) is 2.60. The van der Waals surface area contributed by atoms with Gasteiger partial charge in [-0.15, -0.1) is 0 Å². The minimum absolute atomic E-state index is 0.0945. The highest BCUT2D eigenvalue weighted by atomic mass is 16.5. The molecule has 0 saturated heterocycles. The van der Waals surface area contributed by atoms with E-state index in [0.717, 1.165) is 5.56 Å².